The molecule has 0 saturated heterocycles. The van der Waals surface area contributed by atoms with Crippen molar-refractivity contribution < 1.29 is 23.9 Å². The molecule has 3 N–H and O–H groups in total. The highest BCUT2D eigenvalue weighted by Gasteiger charge is 2.14. The van der Waals surface area contributed by atoms with Crippen LogP contribution in [0.25, 0.3) is 0 Å². The first kappa shape index (κ1) is 14.7. The van der Waals surface area contributed by atoms with Gasteiger partial charge in [-0.05, 0) is 0 Å². The topological polar surface area (TPSA) is 109 Å². The average molecular weight is 268 g/mol. The maximum absolute atomic E-state index is 11.5. The second-order valence-electron chi connectivity index (χ2n) is 4.21. The first-order chi connectivity index (χ1) is 8.91. The van der Waals surface area contributed by atoms with Gasteiger partial charge < -0.3 is 20.2 Å². The van der Waals surface area contributed by atoms with E-state index in [1.807, 2.05) is 0 Å². The molecule has 0 aromatic carbocycles. The summed E-state index contributed by atoms with van der Waals surface area (Å²) < 4.78 is 4.82. The smallest absolute Gasteiger partial charge is 0.338 e. The molecular formula is C12H16N2O5. The molecule has 1 aromatic heterocycles. The van der Waals surface area contributed by atoms with E-state index in [0.29, 0.717) is 6.54 Å². The van der Waals surface area contributed by atoms with Crippen LogP contribution >= 0.6 is 0 Å². The van der Waals surface area contributed by atoms with Gasteiger partial charge in [0.15, 0.2) is 5.76 Å². The molecule has 0 aliphatic carbocycles. The molecule has 0 saturated carbocycles. The number of hydrogen-bond acceptors (Lipinski definition) is 4. The predicted molar refractivity (Wildman–Crippen MR) is 65.8 cm³/mol. The van der Waals surface area contributed by atoms with Gasteiger partial charge in [-0.25, -0.2) is 4.79 Å². The number of carboxylic acid groups (broad SMARTS) is 1. The average Bonchev–Trinajstić information content (AvgIpc) is 2.83. The molecule has 7 heteroatoms. The molecule has 7 nitrogen and oxygen atoms in total. The fourth-order valence-electron chi connectivity index (χ4n) is 1.22. The maximum atomic E-state index is 11.5. The molecular weight excluding hydrogens is 252 g/mol. The highest BCUT2D eigenvalue weighted by atomic mass is 16.4. The molecule has 0 unspecified atom stereocenters. The van der Waals surface area contributed by atoms with Crippen molar-refractivity contribution in [1.29, 1.82) is 0 Å². The van der Waals surface area contributed by atoms with Crippen LogP contribution in [-0.4, -0.2) is 36.0 Å². The van der Waals surface area contributed by atoms with Gasteiger partial charge in [0, 0.05) is 25.1 Å². The number of carbonyl (C=O) groups excluding carboxylic acids is 2. The van der Waals surface area contributed by atoms with Crippen LogP contribution in [0.1, 0.15) is 34.8 Å². The lowest BCUT2D eigenvalue weighted by Gasteiger charge is -2.07. The van der Waals surface area contributed by atoms with Gasteiger partial charge in [0.05, 0.1) is 5.56 Å². The summed E-state index contributed by atoms with van der Waals surface area (Å²) in [6.07, 6.45) is 0.998. The molecule has 0 aliphatic heterocycles. The van der Waals surface area contributed by atoms with E-state index in [4.69, 9.17) is 9.52 Å². The molecule has 0 atom stereocenters. The SMILES string of the molecule is CC(C)C(=O)NCCNC(=O)c1cc(C(=O)O)co1. The van der Waals surface area contributed by atoms with E-state index in [1.54, 1.807) is 13.8 Å². The zero-order valence-corrected chi connectivity index (χ0v) is 10.7. The summed E-state index contributed by atoms with van der Waals surface area (Å²) in [7, 11) is 0. The van der Waals surface area contributed by atoms with Crippen molar-refractivity contribution in [2.45, 2.75) is 13.8 Å². The van der Waals surface area contributed by atoms with E-state index in [2.05, 4.69) is 10.6 Å². The Labute approximate surface area is 110 Å². The van der Waals surface area contributed by atoms with E-state index in [9.17, 15) is 14.4 Å². The Morgan fingerprint density at radius 2 is 1.89 bits per heavy atom. The molecule has 0 spiro atoms. The van der Waals surface area contributed by atoms with Crippen LogP contribution in [0, 0.1) is 5.92 Å². The summed E-state index contributed by atoms with van der Waals surface area (Å²) in [5.41, 5.74) is -0.0849. The maximum Gasteiger partial charge on any atom is 0.338 e. The quantitative estimate of drug-likeness (QED) is 0.650. The zero-order chi connectivity index (χ0) is 14.4. The third-order valence-electron chi connectivity index (χ3n) is 2.30. The van der Waals surface area contributed by atoms with E-state index < -0.39 is 11.9 Å². The number of rotatable bonds is 6. The van der Waals surface area contributed by atoms with Crippen LogP contribution in [0.2, 0.25) is 0 Å². The number of aromatic carboxylic acids is 1. The third kappa shape index (κ3) is 4.46. The molecule has 104 valence electrons. The molecule has 1 rings (SSSR count). The Balaban J connectivity index is 2.35. The van der Waals surface area contributed by atoms with Gasteiger partial charge in [-0.2, -0.15) is 0 Å². The lowest BCUT2D eigenvalue weighted by Crippen LogP contribution is -2.36. The predicted octanol–water partition coefficient (Wildman–Crippen LogP) is 0.480. The molecule has 0 radical (unpaired) electrons. The van der Waals surface area contributed by atoms with Gasteiger partial charge in [0.25, 0.3) is 5.91 Å². The van der Waals surface area contributed by atoms with Gasteiger partial charge in [0.1, 0.15) is 6.26 Å². The minimum Gasteiger partial charge on any atom is -0.478 e. The first-order valence-electron chi connectivity index (χ1n) is 5.79. The molecule has 1 heterocycles. The van der Waals surface area contributed by atoms with Crippen molar-refractivity contribution in [3.8, 4) is 0 Å². The van der Waals surface area contributed by atoms with Crippen LogP contribution in [0.15, 0.2) is 16.7 Å². The first-order valence-corrected chi connectivity index (χ1v) is 5.79. The van der Waals surface area contributed by atoms with E-state index in [-0.39, 0.29) is 29.7 Å². The third-order valence-corrected chi connectivity index (χ3v) is 2.30. The number of furan rings is 1. The van der Waals surface area contributed by atoms with E-state index in [1.165, 1.54) is 0 Å². The fraction of sp³-hybridized carbons (Fsp3) is 0.417. The van der Waals surface area contributed by atoms with Gasteiger partial charge in [-0.3, -0.25) is 9.59 Å². The van der Waals surface area contributed by atoms with Crippen LogP contribution in [-0.2, 0) is 4.79 Å². The number of amides is 2. The van der Waals surface area contributed by atoms with Crippen molar-refractivity contribution >= 4 is 17.8 Å². The van der Waals surface area contributed by atoms with E-state index in [0.717, 1.165) is 12.3 Å². The van der Waals surface area contributed by atoms with Crippen LogP contribution in [0.3, 0.4) is 0 Å². The van der Waals surface area contributed by atoms with Gasteiger partial charge in [0.2, 0.25) is 5.91 Å². The summed E-state index contributed by atoms with van der Waals surface area (Å²) in [5.74, 6) is -1.97. The molecule has 0 fully saturated rings. The minimum absolute atomic E-state index is 0.0763. The summed E-state index contributed by atoms with van der Waals surface area (Å²) in [4.78, 5) is 33.4. The molecule has 2 amide bonds. The van der Waals surface area contributed by atoms with Crippen molar-refractivity contribution in [3.63, 3.8) is 0 Å². The van der Waals surface area contributed by atoms with Gasteiger partial charge in [-0.15, -0.1) is 0 Å². The minimum atomic E-state index is -1.16. The lowest BCUT2D eigenvalue weighted by atomic mass is 10.2. The highest BCUT2D eigenvalue weighted by molar-refractivity contribution is 5.95. The number of nitrogens with one attached hydrogen (secondary N) is 2. The van der Waals surface area contributed by atoms with Gasteiger partial charge >= 0.3 is 5.97 Å². The summed E-state index contributed by atoms with van der Waals surface area (Å²) in [6.45, 7) is 4.07. The summed E-state index contributed by atoms with van der Waals surface area (Å²) >= 11 is 0. The van der Waals surface area contributed by atoms with Crippen LogP contribution in [0.5, 0.6) is 0 Å². The van der Waals surface area contributed by atoms with Gasteiger partial charge in [-0.1, -0.05) is 13.8 Å². The van der Waals surface area contributed by atoms with Crippen molar-refractivity contribution in [3.05, 3.63) is 23.7 Å². The number of hydrogen-bond donors (Lipinski definition) is 3. The molecule has 19 heavy (non-hydrogen) atoms. The molecule has 0 aliphatic rings. The Hall–Kier alpha value is -2.31. The van der Waals surface area contributed by atoms with Crippen molar-refractivity contribution in [1.82, 2.24) is 10.6 Å². The number of carboxylic acids is 1. The second-order valence-corrected chi connectivity index (χ2v) is 4.21. The second kappa shape index (κ2) is 6.58. The summed E-state index contributed by atoms with van der Waals surface area (Å²) in [6, 6.07) is 1.14. The van der Waals surface area contributed by atoms with Crippen LogP contribution < -0.4 is 10.6 Å². The normalized spacial score (nSPS) is 10.3. The summed E-state index contributed by atoms with van der Waals surface area (Å²) in [5, 5.41) is 13.8. The Bertz CT molecular complexity index is 478. The lowest BCUT2D eigenvalue weighted by molar-refractivity contribution is -0.123. The largest absolute Gasteiger partial charge is 0.478 e. The Kier molecular flexibility index (Phi) is 5.11. The zero-order valence-electron chi connectivity index (χ0n) is 10.7. The van der Waals surface area contributed by atoms with Crippen LogP contribution in [0.4, 0.5) is 0 Å². The molecule has 1 aromatic rings. The highest BCUT2D eigenvalue weighted by Crippen LogP contribution is 2.07. The Morgan fingerprint density at radius 3 is 2.42 bits per heavy atom. The fourth-order valence-corrected chi connectivity index (χ4v) is 1.22. The van der Waals surface area contributed by atoms with E-state index >= 15 is 0 Å². The standard InChI is InChI=1S/C12H16N2O5/c1-7(2)10(15)13-3-4-14-11(16)9-5-8(6-19-9)12(17)18/h5-7H,3-4H2,1-2H3,(H,13,15)(H,14,16)(H,17,18). The monoisotopic (exact) mass is 268 g/mol. The van der Waals surface area contributed by atoms with Crippen molar-refractivity contribution in [2.24, 2.45) is 5.92 Å². The Morgan fingerprint density at radius 1 is 1.26 bits per heavy atom. The van der Waals surface area contributed by atoms with Crippen molar-refractivity contribution in [2.75, 3.05) is 13.1 Å². The molecule has 0 bridgehead atoms. The number of carbonyl (C=O) groups is 3.